The molecule has 0 radical (unpaired) electrons. The molecule has 18 aromatic carbocycles. The highest BCUT2D eigenvalue weighted by Gasteiger charge is 2.21. The summed E-state index contributed by atoms with van der Waals surface area (Å²) in [5.41, 5.74) is 28.9. The van der Waals surface area contributed by atoms with Crippen LogP contribution < -0.4 is 0 Å². The van der Waals surface area contributed by atoms with Crippen molar-refractivity contribution in [3.63, 3.8) is 0 Å². The van der Waals surface area contributed by atoms with Gasteiger partial charge in [0.1, 0.15) is 0 Å². The van der Waals surface area contributed by atoms with E-state index in [9.17, 15) is 0 Å². The van der Waals surface area contributed by atoms with Crippen molar-refractivity contribution in [3.05, 3.63) is 413 Å². The largest absolute Gasteiger partial charge is 0.309 e. The van der Waals surface area contributed by atoms with Crippen molar-refractivity contribution in [2.24, 2.45) is 0 Å². The lowest BCUT2D eigenvalue weighted by molar-refractivity contribution is 1.18. The first kappa shape index (κ1) is 62.3. The minimum atomic E-state index is 1.16. The lowest BCUT2D eigenvalue weighted by atomic mass is 9.98. The quantitative estimate of drug-likeness (QED) is 0.130. The van der Waals surface area contributed by atoms with Crippen molar-refractivity contribution in [2.45, 2.75) is 0 Å². The van der Waals surface area contributed by atoms with Crippen molar-refractivity contribution in [3.8, 4) is 89.5 Å². The summed E-state index contributed by atoms with van der Waals surface area (Å²) in [6.07, 6.45) is 0. The van der Waals surface area contributed by atoms with E-state index in [1.807, 2.05) is 0 Å². The SMILES string of the molecule is c1ccc(-c2ccc(-n3c4ccccc4c4cc(-c5ccc6c(c5)c5ccccc5n6-c5cccc(-c6ccc7ccccc7c6)c5)ccc43)cc2)cc1.c1ccc(-c2ccc(-n3c4ccccc4c4cc(-c5ccc6c(c5)c5ccccc5n6-c5cccc(-c6cccc7ccccc67)c5)ccc43)cc2)cc1. The van der Waals surface area contributed by atoms with E-state index in [4.69, 9.17) is 0 Å². The minimum Gasteiger partial charge on any atom is -0.309 e. The lowest BCUT2D eigenvalue weighted by Crippen LogP contribution is -1.94. The van der Waals surface area contributed by atoms with E-state index in [-0.39, 0.29) is 0 Å². The molecule has 0 spiro atoms. The standard InChI is InChI=1S/2C52H34N2/c1-2-12-35(13-3-1)36-24-28-41(29-25-36)53-49-22-8-6-19-45(49)47-33-38(26-30-51(47)53)39-27-31-52-48(34-39)46-20-7-9-23-50(46)54(52)42-17-10-16-40(32-42)44-21-11-15-37-14-4-5-18-43(37)44;1-2-11-35(12-3-1)37-23-27-43(28-24-37)53-49-19-8-6-17-45(49)47-33-41(25-29-51(47)53)42-26-30-52-48(34-42)46-18-7-9-20-50(46)54(52)44-16-10-15-39(32-44)40-22-21-36-13-4-5-14-38(36)31-40/h2*1-34H. The highest BCUT2D eigenvalue weighted by molar-refractivity contribution is 6.15. The smallest absolute Gasteiger partial charge is 0.0541 e. The third-order valence-electron chi connectivity index (χ3n) is 22.2. The Labute approximate surface area is 625 Å². The van der Waals surface area contributed by atoms with Crippen LogP contribution in [0.2, 0.25) is 0 Å². The Bertz CT molecular complexity index is 7260. The molecule has 0 amide bonds. The van der Waals surface area contributed by atoms with Crippen LogP contribution in [0.4, 0.5) is 0 Å². The lowest BCUT2D eigenvalue weighted by Gasteiger charge is -2.12. The Hall–Kier alpha value is -14.3. The molecule has 0 N–H and O–H groups in total. The molecule has 0 saturated heterocycles. The molecule has 0 saturated carbocycles. The van der Waals surface area contributed by atoms with Gasteiger partial charge in [-0.05, 0) is 216 Å². The molecule has 4 aromatic heterocycles. The molecule has 0 aliphatic carbocycles. The zero-order valence-electron chi connectivity index (χ0n) is 59.0. The molecule has 0 aliphatic heterocycles. The van der Waals surface area contributed by atoms with E-state index in [0.29, 0.717) is 0 Å². The summed E-state index contributed by atoms with van der Waals surface area (Å²) in [6.45, 7) is 0. The maximum absolute atomic E-state index is 2.42. The Morgan fingerprint density at radius 1 is 0.120 bits per heavy atom. The zero-order valence-corrected chi connectivity index (χ0v) is 59.0. The first-order chi connectivity index (χ1) is 53.5. The van der Waals surface area contributed by atoms with Crippen molar-refractivity contribution in [1.29, 1.82) is 0 Å². The molecule has 0 bridgehead atoms. The maximum Gasteiger partial charge on any atom is 0.0541 e. The second-order valence-electron chi connectivity index (χ2n) is 28.4. The van der Waals surface area contributed by atoms with E-state index < -0.39 is 0 Å². The van der Waals surface area contributed by atoms with Gasteiger partial charge < -0.3 is 18.3 Å². The zero-order chi connectivity index (χ0) is 71.2. The molecule has 4 heteroatoms. The Balaban J connectivity index is 0.000000138. The molecular weight excluding hydrogens is 1310 g/mol. The summed E-state index contributed by atoms with van der Waals surface area (Å²) in [4.78, 5) is 0. The summed E-state index contributed by atoms with van der Waals surface area (Å²) in [5.74, 6) is 0. The molecule has 22 rings (SSSR count). The normalized spacial score (nSPS) is 11.7. The van der Waals surface area contributed by atoms with Crippen LogP contribution in [-0.4, -0.2) is 18.3 Å². The predicted molar refractivity (Wildman–Crippen MR) is 458 cm³/mol. The van der Waals surface area contributed by atoms with E-state index in [1.165, 1.54) is 176 Å². The van der Waals surface area contributed by atoms with Gasteiger partial charge in [-0.1, -0.05) is 285 Å². The third-order valence-corrected chi connectivity index (χ3v) is 22.2. The van der Waals surface area contributed by atoms with Crippen LogP contribution in [0.25, 0.3) is 198 Å². The van der Waals surface area contributed by atoms with E-state index >= 15 is 0 Å². The predicted octanol–water partition coefficient (Wildman–Crippen LogP) is 28.1. The van der Waals surface area contributed by atoms with Gasteiger partial charge in [0.05, 0.1) is 44.1 Å². The Morgan fingerprint density at radius 2 is 0.398 bits per heavy atom. The first-order valence-corrected chi connectivity index (χ1v) is 37.2. The molecule has 0 unspecified atom stereocenters. The fourth-order valence-corrected chi connectivity index (χ4v) is 17.1. The third kappa shape index (κ3) is 10.6. The second kappa shape index (κ2) is 25.8. The van der Waals surface area contributed by atoms with Gasteiger partial charge in [0.15, 0.2) is 0 Å². The van der Waals surface area contributed by atoms with Crippen molar-refractivity contribution >= 4 is 109 Å². The number of fused-ring (bicyclic) bond motifs is 14. The number of hydrogen-bond acceptors (Lipinski definition) is 0. The average molecular weight is 1370 g/mol. The van der Waals surface area contributed by atoms with Crippen LogP contribution >= 0.6 is 0 Å². The van der Waals surface area contributed by atoms with E-state index in [1.54, 1.807) is 0 Å². The van der Waals surface area contributed by atoms with Crippen LogP contribution in [0.5, 0.6) is 0 Å². The fraction of sp³-hybridized carbons (Fsp3) is 0. The van der Waals surface area contributed by atoms with Gasteiger partial charge >= 0.3 is 0 Å². The summed E-state index contributed by atoms with van der Waals surface area (Å²) in [5, 5.41) is 15.1. The van der Waals surface area contributed by atoms with Gasteiger partial charge in [-0.15, -0.1) is 0 Å². The number of para-hydroxylation sites is 4. The average Bonchev–Trinajstić information content (AvgIpc) is 1.59. The van der Waals surface area contributed by atoms with Crippen LogP contribution in [0.15, 0.2) is 413 Å². The van der Waals surface area contributed by atoms with Crippen molar-refractivity contribution < 1.29 is 0 Å². The molecule has 4 nitrogen and oxygen atoms in total. The number of aromatic nitrogens is 4. The topological polar surface area (TPSA) is 19.7 Å². The number of hydrogen-bond donors (Lipinski definition) is 0. The summed E-state index contributed by atoms with van der Waals surface area (Å²) >= 11 is 0. The van der Waals surface area contributed by atoms with Crippen LogP contribution in [0.3, 0.4) is 0 Å². The number of nitrogens with zero attached hydrogens (tertiary/aromatic N) is 4. The highest BCUT2D eigenvalue weighted by atomic mass is 15.0. The monoisotopic (exact) mass is 1370 g/mol. The molecule has 504 valence electrons. The molecule has 108 heavy (non-hydrogen) atoms. The van der Waals surface area contributed by atoms with Gasteiger partial charge in [-0.2, -0.15) is 0 Å². The number of rotatable bonds is 10. The van der Waals surface area contributed by atoms with Crippen LogP contribution in [0, 0.1) is 0 Å². The van der Waals surface area contributed by atoms with Crippen LogP contribution in [-0.2, 0) is 0 Å². The molecule has 22 aromatic rings. The number of benzene rings is 18. The Kier molecular flexibility index (Phi) is 14.9. The summed E-state index contributed by atoms with van der Waals surface area (Å²) in [6, 6.07) is 150. The first-order valence-electron chi connectivity index (χ1n) is 37.2. The van der Waals surface area contributed by atoms with Gasteiger partial charge in [-0.25, -0.2) is 0 Å². The van der Waals surface area contributed by atoms with Crippen LogP contribution in [0.1, 0.15) is 0 Å². The van der Waals surface area contributed by atoms with Gasteiger partial charge in [0.2, 0.25) is 0 Å². The maximum atomic E-state index is 2.42. The van der Waals surface area contributed by atoms with Crippen molar-refractivity contribution in [1.82, 2.24) is 18.3 Å². The molecule has 0 fully saturated rings. The van der Waals surface area contributed by atoms with Crippen molar-refractivity contribution in [2.75, 3.05) is 0 Å². The molecule has 0 aliphatic rings. The van der Waals surface area contributed by atoms with Gasteiger partial charge in [-0.3, -0.25) is 0 Å². The summed E-state index contributed by atoms with van der Waals surface area (Å²) < 4.78 is 9.63. The summed E-state index contributed by atoms with van der Waals surface area (Å²) in [7, 11) is 0. The fourth-order valence-electron chi connectivity index (χ4n) is 17.1. The van der Waals surface area contributed by atoms with Gasteiger partial charge in [0.25, 0.3) is 0 Å². The minimum absolute atomic E-state index is 1.16. The second-order valence-corrected chi connectivity index (χ2v) is 28.4. The molecular formula is C104H68N4. The highest BCUT2D eigenvalue weighted by Crippen LogP contribution is 2.43. The Morgan fingerprint density at radius 3 is 0.843 bits per heavy atom. The van der Waals surface area contributed by atoms with E-state index in [0.717, 1.165) is 22.7 Å². The molecule has 4 heterocycles. The van der Waals surface area contributed by atoms with Gasteiger partial charge in [0, 0.05) is 65.8 Å². The van der Waals surface area contributed by atoms with E-state index in [2.05, 4.69) is 431 Å². The molecule has 0 atom stereocenters.